The van der Waals surface area contributed by atoms with Gasteiger partial charge in [0.15, 0.2) is 11.4 Å². The van der Waals surface area contributed by atoms with E-state index in [2.05, 4.69) is 15.3 Å². The average Bonchev–Trinajstić information content (AvgIpc) is 2.38. The third kappa shape index (κ3) is 2.44. The van der Waals surface area contributed by atoms with Crippen LogP contribution in [-0.2, 0) is 0 Å². The van der Waals surface area contributed by atoms with E-state index in [1.54, 1.807) is 0 Å². The summed E-state index contributed by atoms with van der Waals surface area (Å²) < 4.78 is 0. The Labute approximate surface area is 110 Å². The Balaban J connectivity index is 2.61. The second kappa shape index (κ2) is 5.52. The second-order valence-electron chi connectivity index (χ2n) is 3.69. The molecule has 0 aliphatic carbocycles. The zero-order valence-corrected chi connectivity index (χ0v) is 11.0. The van der Waals surface area contributed by atoms with Gasteiger partial charge in [0.25, 0.3) is 0 Å². The first-order chi connectivity index (χ1) is 8.76. The maximum Gasteiger partial charge on any atom is 0.183 e. The second-order valence-corrected chi connectivity index (χ2v) is 4.48. The lowest BCUT2D eigenvalue weighted by Gasteiger charge is -2.06. The van der Waals surface area contributed by atoms with E-state index in [1.807, 2.05) is 50.0 Å². The first-order valence-corrected chi connectivity index (χ1v) is 6.60. The van der Waals surface area contributed by atoms with Crippen molar-refractivity contribution in [1.82, 2.24) is 10.3 Å². The molecule has 1 aromatic carbocycles. The number of fused-ring (bicyclic) bond motifs is 1. The van der Waals surface area contributed by atoms with E-state index in [0.29, 0.717) is 5.17 Å². The summed E-state index contributed by atoms with van der Waals surface area (Å²) in [5, 5.41) is 13.9. The number of aromatic nitrogens is 1. The van der Waals surface area contributed by atoms with Gasteiger partial charge in [-0.25, -0.2) is 4.99 Å². The van der Waals surface area contributed by atoms with Crippen LogP contribution in [0.5, 0.6) is 0 Å². The first kappa shape index (κ1) is 12.4. The largest absolute Gasteiger partial charge is 0.271 e. The van der Waals surface area contributed by atoms with E-state index in [1.165, 1.54) is 11.8 Å². The molecule has 0 amide bonds. The third-order valence-electron chi connectivity index (χ3n) is 2.53. The number of amidine groups is 1. The fourth-order valence-corrected chi connectivity index (χ4v) is 2.10. The summed E-state index contributed by atoms with van der Waals surface area (Å²) >= 11 is 1.40. The maximum atomic E-state index is 8.65. The van der Waals surface area contributed by atoms with Crippen molar-refractivity contribution < 1.29 is 0 Å². The fourth-order valence-electron chi connectivity index (χ4n) is 1.76. The molecule has 0 bridgehead atoms. The van der Waals surface area contributed by atoms with Crippen molar-refractivity contribution in [2.24, 2.45) is 4.99 Å². The minimum absolute atomic E-state index is 0.584. The lowest BCUT2D eigenvalue weighted by atomic mass is 10.1. The number of nitriles is 1. The molecule has 4 nitrogen and oxygen atoms in total. The van der Waals surface area contributed by atoms with Gasteiger partial charge in [-0.2, -0.15) is 5.26 Å². The molecule has 0 aliphatic rings. The Morgan fingerprint density at radius 2 is 2.28 bits per heavy atom. The van der Waals surface area contributed by atoms with E-state index >= 15 is 0 Å². The lowest BCUT2D eigenvalue weighted by Crippen LogP contribution is -2.12. The van der Waals surface area contributed by atoms with Crippen LogP contribution >= 0.6 is 11.8 Å². The molecule has 1 N–H and O–H groups in total. The molecule has 0 atom stereocenters. The van der Waals surface area contributed by atoms with Crippen molar-refractivity contribution in [2.45, 2.75) is 6.92 Å². The van der Waals surface area contributed by atoms with Gasteiger partial charge in [-0.05, 0) is 24.8 Å². The van der Waals surface area contributed by atoms with Crippen LogP contribution in [0.2, 0.25) is 0 Å². The predicted molar refractivity (Wildman–Crippen MR) is 75.8 cm³/mol. The number of pyridine rings is 1. The van der Waals surface area contributed by atoms with Crippen LogP contribution in [0.15, 0.2) is 35.6 Å². The Hall–Kier alpha value is -2.06. The van der Waals surface area contributed by atoms with Gasteiger partial charge in [0, 0.05) is 23.2 Å². The molecule has 0 saturated carbocycles. The van der Waals surface area contributed by atoms with Gasteiger partial charge in [-0.1, -0.05) is 23.9 Å². The number of nitrogens with zero attached hydrogens (tertiary/aromatic N) is 3. The van der Waals surface area contributed by atoms with E-state index in [0.717, 1.165) is 22.0 Å². The van der Waals surface area contributed by atoms with Crippen LogP contribution in [0.1, 0.15) is 5.56 Å². The minimum atomic E-state index is 0.584. The molecule has 5 heteroatoms. The van der Waals surface area contributed by atoms with Crippen molar-refractivity contribution in [3.8, 4) is 6.19 Å². The van der Waals surface area contributed by atoms with Crippen molar-refractivity contribution in [1.29, 1.82) is 5.26 Å². The Kier molecular flexibility index (Phi) is 3.80. The average molecular weight is 256 g/mol. The summed E-state index contributed by atoms with van der Waals surface area (Å²) in [5.41, 5.74) is 1.92. The SMILES string of the molecule is CSC(=Nc1cccc2cncc(C)c12)NC#N. The number of thioether (sulfide) groups is 1. The number of rotatable bonds is 1. The minimum Gasteiger partial charge on any atom is -0.271 e. The normalized spacial score (nSPS) is 11.3. The van der Waals surface area contributed by atoms with E-state index in [4.69, 9.17) is 5.26 Å². The molecule has 1 aromatic heterocycles. The number of hydrogen-bond acceptors (Lipinski definition) is 4. The monoisotopic (exact) mass is 256 g/mol. The number of aliphatic imine (C=N–C) groups is 1. The molecule has 0 aliphatic heterocycles. The predicted octanol–water partition coefficient (Wildman–Crippen LogP) is 2.96. The Morgan fingerprint density at radius 3 is 3.00 bits per heavy atom. The topological polar surface area (TPSA) is 61.1 Å². The van der Waals surface area contributed by atoms with E-state index in [9.17, 15) is 0 Å². The molecule has 0 fully saturated rings. The molecule has 0 spiro atoms. The van der Waals surface area contributed by atoms with E-state index < -0.39 is 0 Å². The number of aryl methyl sites for hydroxylation is 1. The number of nitrogens with one attached hydrogen (secondary N) is 1. The fraction of sp³-hybridized carbons (Fsp3) is 0.154. The third-order valence-corrected chi connectivity index (χ3v) is 3.11. The highest BCUT2D eigenvalue weighted by atomic mass is 32.2. The summed E-state index contributed by atoms with van der Waals surface area (Å²) in [6.45, 7) is 2.00. The highest BCUT2D eigenvalue weighted by molar-refractivity contribution is 8.13. The molecule has 2 rings (SSSR count). The first-order valence-electron chi connectivity index (χ1n) is 5.37. The molecular weight excluding hydrogens is 244 g/mol. The van der Waals surface area contributed by atoms with Gasteiger partial charge in [0.2, 0.25) is 0 Å². The van der Waals surface area contributed by atoms with Gasteiger partial charge in [0.05, 0.1) is 5.69 Å². The molecule has 2 aromatic rings. The molecular formula is C13H12N4S. The van der Waals surface area contributed by atoms with E-state index in [-0.39, 0.29) is 0 Å². The Bertz CT molecular complexity index is 638. The number of hydrogen-bond donors (Lipinski definition) is 1. The summed E-state index contributed by atoms with van der Waals surface area (Å²) in [6, 6.07) is 5.88. The smallest absolute Gasteiger partial charge is 0.183 e. The Morgan fingerprint density at radius 1 is 1.44 bits per heavy atom. The summed E-state index contributed by atoms with van der Waals surface area (Å²) in [6.07, 6.45) is 7.40. The van der Waals surface area contributed by atoms with Crippen LogP contribution < -0.4 is 5.32 Å². The quantitative estimate of drug-likeness (QED) is 0.369. The van der Waals surface area contributed by atoms with Gasteiger partial charge in [-0.15, -0.1) is 0 Å². The highest BCUT2D eigenvalue weighted by Gasteiger charge is 2.04. The maximum absolute atomic E-state index is 8.65. The van der Waals surface area contributed by atoms with Gasteiger partial charge in [-0.3, -0.25) is 10.3 Å². The summed E-state index contributed by atoms with van der Waals surface area (Å²) in [7, 11) is 0. The molecule has 90 valence electrons. The molecule has 0 radical (unpaired) electrons. The highest BCUT2D eigenvalue weighted by Crippen LogP contribution is 2.28. The molecule has 18 heavy (non-hydrogen) atoms. The molecule has 0 unspecified atom stereocenters. The van der Waals surface area contributed by atoms with Gasteiger partial charge < -0.3 is 0 Å². The van der Waals surface area contributed by atoms with Crippen molar-refractivity contribution in [3.05, 3.63) is 36.2 Å². The van der Waals surface area contributed by atoms with Crippen molar-refractivity contribution in [2.75, 3.05) is 6.26 Å². The zero-order valence-electron chi connectivity index (χ0n) is 10.1. The molecule has 1 heterocycles. The lowest BCUT2D eigenvalue weighted by molar-refractivity contribution is 1.27. The van der Waals surface area contributed by atoms with Crippen LogP contribution in [0.3, 0.4) is 0 Å². The van der Waals surface area contributed by atoms with Gasteiger partial charge in [0.1, 0.15) is 0 Å². The van der Waals surface area contributed by atoms with Crippen molar-refractivity contribution in [3.63, 3.8) is 0 Å². The van der Waals surface area contributed by atoms with Crippen LogP contribution in [0.4, 0.5) is 5.69 Å². The summed E-state index contributed by atoms with van der Waals surface area (Å²) in [4.78, 5) is 8.64. The number of benzene rings is 1. The molecule has 0 saturated heterocycles. The van der Waals surface area contributed by atoms with Crippen molar-refractivity contribution >= 4 is 33.4 Å². The van der Waals surface area contributed by atoms with Crippen LogP contribution in [0, 0.1) is 18.4 Å². The summed E-state index contributed by atoms with van der Waals surface area (Å²) in [5.74, 6) is 0. The van der Waals surface area contributed by atoms with Crippen LogP contribution in [0.25, 0.3) is 10.8 Å². The standard InChI is InChI=1S/C13H12N4S/c1-9-6-15-7-10-4-3-5-11(12(9)10)17-13(18-2)16-8-14/h3-7H,1-2H3,(H,16,17). The van der Waals surface area contributed by atoms with Gasteiger partial charge >= 0.3 is 0 Å². The zero-order chi connectivity index (χ0) is 13.0. The van der Waals surface area contributed by atoms with Crippen LogP contribution in [-0.4, -0.2) is 16.4 Å².